The lowest BCUT2D eigenvalue weighted by atomic mass is 9.84. The molecule has 0 heterocycles. The van der Waals surface area contributed by atoms with Gasteiger partial charge in [0.2, 0.25) is 0 Å². The van der Waals surface area contributed by atoms with Crippen LogP contribution in [0.4, 0.5) is 61.5 Å². The summed E-state index contributed by atoms with van der Waals surface area (Å²) in [6.45, 7) is 0. The van der Waals surface area contributed by atoms with Crippen molar-refractivity contribution < 1.29 is 61.5 Å². The third-order valence-corrected chi connectivity index (χ3v) is 6.28. The van der Waals surface area contributed by atoms with Gasteiger partial charge in [0, 0.05) is 33.5 Å². The Morgan fingerprint density at radius 3 is 1.41 bits per heavy atom. The normalized spacial score (nSPS) is 12.1. The van der Waals surface area contributed by atoms with Gasteiger partial charge in [-0.25, -0.2) is 48.3 Å². The third-order valence-electron chi connectivity index (χ3n) is 6.28. The highest BCUT2D eigenvalue weighted by atomic mass is 19.4. The maximum Gasteiger partial charge on any atom is 0.422 e. The summed E-state index contributed by atoms with van der Waals surface area (Å²) >= 11 is 0. The van der Waals surface area contributed by atoms with Gasteiger partial charge in [0.25, 0.3) is 0 Å². The van der Waals surface area contributed by atoms with Crippen molar-refractivity contribution in [2.75, 3.05) is 0 Å². The molecular weight excluding hydrogens is 590 g/mol. The van der Waals surface area contributed by atoms with Crippen molar-refractivity contribution in [2.45, 2.75) is 6.18 Å². The van der Waals surface area contributed by atoms with E-state index in [1.165, 1.54) is 0 Å². The van der Waals surface area contributed by atoms with Crippen LogP contribution in [-0.2, 0) is 6.18 Å². The highest BCUT2D eigenvalue weighted by molar-refractivity contribution is 6.22. The summed E-state index contributed by atoms with van der Waals surface area (Å²) in [4.78, 5) is 0. The SMILES string of the molecule is Fc1ccc(-c2c3ccc(F)cc3c(-c3c(F)c(F)c(C(F)(F)F)c(F)c3F)c3c(F)c(F)c(F)c(F)c23)c(F)c1. The lowest BCUT2D eigenvalue weighted by Crippen LogP contribution is -2.16. The topological polar surface area (TPSA) is 0 Å². The van der Waals surface area contributed by atoms with Gasteiger partial charge in [-0.1, -0.05) is 6.07 Å². The fraction of sp³-hybridized carbons (Fsp3) is 0.0370. The zero-order valence-electron chi connectivity index (χ0n) is 19.3. The smallest absolute Gasteiger partial charge is 0.207 e. The van der Waals surface area contributed by atoms with Crippen LogP contribution in [-0.4, -0.2) is 0 Å². The molecule has 0 unspecified atom stereocenters. The monoisotopic (exact) mass is 596 g/mol. The molecule has 0 aliphatic carbocycles. The third kappa shape index (κ3) is 4.06. The van der Waals surface area contributed by atoms with Crippen LogP contribution in [0.5, 0.6) is 0 Å². The molecular formula is C27H6F14. The Kier molecular flexibility index (Phi) is 6.42. The van der Waals surface area contributed by atoms with Crippen LogP contribution in [0.25, 0.3) is 43.8 Å². The minimum atomic E-state index is -6.01. The number of halogens is 14. The minimum absolute atomic E-state index is 0.221. The molecule has 0 saturated heterocycles. The molecule has 5 rings (SSSR count). The Hall–Kier alpha value is -4.36. The molecule has 5 aromatic carbocycles. The molecule has 0 spiro atoms. The summed E-state index contributed by atoms with van der Waals surface area (Å²) in [5, 5.41) is -5.09. The van der Waals surface area contributed by atoms with E-state index in [0.29, 0.717) is 24.3 Å². The van der Waals surface area contributed by atoms with Crippen molar-refractivity contribution in [3.8, 4) is 22.3 Å². The fourth-order valence-electron chi connectivity index (χ4n) is 4.64. The Morgan fingerprint density at radius 2 is 0.902 bits per heavy atom. The van der Waals surface area contributed by atoms with Gasteiger partial charge < -0.3 is 0 Å². The van der Waals surface area contributed by atoms with Gasteiger partial charge >= 0.3 is 6.18 Å². The number of fused-ring (bicyclic) bond motifs is 2. The van der Waals surface area contributed by atoms with Gasteiger partial charge in [-0.3, -0.25) is 0 Å². The molecule has 0 aliphatic heterocycles. The minimum Gasteiger partial charge on any atom is -0.207 e. The molecule has 14 heteroatoms. The lowest BCUT2D eigenvalue weighted by molar-refractivity contribution is -0.143. The molecule has 0 amide bonds. The van der Waals surface area contributed by atoms with E-state index >= 15 is 17.6 Å². The molecule has 0 radical (unpaired) electrons. The van der Waals surface area contributed by atoms with Crippen molar-refractivity contribution in [1.82, 2.24) is 0 Å². The maximum atomic E-state index is 15.4. The van der Waals surface area contributed by atoms with Gasteiger partial charge in [0.1, 0.15) is 23.0 Å². The van der Waals surface area contributed by atoms with Crippen molar-refractivity contribution in [3.05, 3.63) is 106 Å². The van der Waals surface area contributed by atoms with Crippen LogP contribution >= 0.6 is 0 Å². The Bertz CT molecular complexity index is 1910. The van der Waals surface area contributed by atoms with Gasteiger partial charge in [-0.15, -0.1) is 0 Å². The quantitative estimate of drug-likeness (QED) is 0.0824. The van der Waals surface area contributed by atoms with Crippen molar-refractivity contribution in [2.24, 2.45) is 0 Å². The average molecular weight is 596 g/mol. The van der Waals surface area contributed by atoms with Crippen LogP contribution in [0.2, 0.25) is 0 Å². The van der Waals surface area contributed by atoms with Crippen LogP contribution in [0.1, 0.15) is 5.56 Å². The lowest BCUT2D eigenvalue weighted by Gasteiger charge is -2.21. The highest BCUT2D eigenvalue weighted by Crippen LogP contribution is 2.50. The van der Waals surface area contributed by atoms with Gasteiger partial charge in [-0.2, -0.15) is 13.2 Å². The van der Waals surface area contributed by atoms with Crippen LogP contribution in [0, 0.1) is 64.0 Å². The van der Waals surface area contributed by atoms with Crippen LogP contribution in [0.3, 0.4) is 0 Å². The Balaban J connectivity index is 2.17. The van der Waals surface area contributed by atoms with Gasteiger partial charge in [-0.05, 0) is 35.0 Å². The van der Waals surface area contributed by atoms with E-state index in [2.05, 4.69) is 0 Å². The number of rotatable bonds is 2. The van der Waals surface area contributed by atoms with Gasteiger partial charge in [0.05, 0.1) is 5.56 Å². The van der Waals surface area contributed by atoms with E-state index in [1.807, 2.05) is 0 Å². The predicted molar refractivity (Wildman–Crippen MR) is 117 cm³/mol. The first-order valence-corrected chi connectivity index (χ1v) is 10.9. The van der Waals surface area contributed by atoms with Gasteiger partial charge in [0.15, 0.2) is 46.5 Å². The Labute approximate surface area is 218 Å². The van der Waals surface area contributed by atoms with Crippen LogP contribution < -0.4 is 0 Å². The number of hydrogen-bond donors (Lipinski definition) is 0. The van der Waals surface area contributed by atoms with E-state index in [1.54, 1.807) is 0 Å². The molecule has 0 bridgehead atoms. The van der Waals surface area contributed by atoms with Crippen molar-refractivity contribution in [1.29, 1.82) is 0 Å². The molecule has 0 saturated carbocycles. The molecule has 5 aromatic rings. The highest BCUT2D eigenvalue weighted by Gasteiger charge is 2.43. The molecule has 0 fully saturated rings. The summed E-state index contributed by atoms with van der Waals surface area (Å²) in [6.07, 6.45) is -6.01. The first kappa shape index (κ1) is 28.2. The van der Waals surface area contributed by atoms with E-state index in [-0.39, 0.29) is 12.1 Å². The van der Waals surface area contributed by atoms with Crippen molar-refractivity contribution >= 4 is 21.5 Å². The fourth-order valence-corrected chi connectivity index (χ4v) is 4.64. The van der Waals surface area contributed by atoms with E-state index in [4.69, 9.17) is 0 Å². The summed E-state index contributed by atoms with van der Waals surface area (Å²) in [6, 6.07) is 2.90. The second-order valence-corrected chi connectivity index (χ2v) is 8.57. The summed E-state index contributed by atoms with van der Waals surface area (Å²) < 4.78 is 201. The zero-order chi connectivity index (χ0) is 30.3. The van der Waals surface area contributed by atoms with Crippen molar-refractivity contribution in [3.63, 3.8) is 0 Å². The summed E-state index contributed by atoms with van der Waals surface area (Å²) in [5.41, 5.74) is -8.69. The summed E-state index contributed by atoms with van der Waals surface area (Å²) in [5.74, 6) is -25.9. The standard InChI is InChI=1S/C27H6F14/c28-7-1-3-9-11(5-7)14(17-21(33)23(35)18(27(39,40)41)24(36)22(17)34)16-15(19(31)25(37)26(38)20(16)32)13(9)10-4-2-8(29)6-12(10)30/h1-6H. The largest absolute Gasteiger partial charge is 0.422 e. The molecule has 0 aliphatic rings. The molecule has 41 heavy (non-hydrogen) atoms. The Morgan fingerprint density at radius 1 is 0.415 bits per heavy atom. The molecule has 0 nitrogen and oxygen atoms in total. The first-order valence-electron chi connectivity index (χ1n) is 10.9. The molecule has 0 atom stereocenters. The zero-order valence-corrected chi connectivity index (χ0v) is 19.3. The number of benzene rings is 5. The predicted octanol–water partition coefficient (Wildman–Crippen LogP) is 9.88. The van der Waals surface area contributed by atoms with E-state index in [9.17, 15) is 43.9 Å². The molecule has 0 N–H and O–H groups in total. The second kappa shape index (κ2) is 9.35. The first-order chi connectivity index (χ1) is 19.1. The van der Waals surface area contributed by atoms with Crippen LogP contribution in [0.15, 0.2) is 36.4 Å². The maximum absolute atomic E-state index is 15.4. The van der Waals surface area contributed by atoms with E-state index < -0.39 is 120 Å². The summed E-state index contributed by atoms with van der Waals surface area (Å²) in [7, 11) is 0. The average Bonchev–Trinajstić information content (AvgIpc) is 2.89. The molecule has 212 valence electrons. The number of hydrogen-bond acceptors (Lipinski definition) is 0. The molecule has 0 aromatic heterocycles. The second-order valence-electron chi connectivity index (χ2n) is 8.57. The van der Waals surface area contributed by atoms with E-state index in [0.717, 1.165) is 0 Å². The number of alkyl halides is 3.